The predicted molar refractivity (Wildman–Crippen MR) is 81.5 cm³/mol. The van der Waals surface area contributed by atoms with E-state index in [2.05, 4.69) is 15.2 Å². The van der Waals surface area contributed by atoms with E-state index in [1.807, 2.05) is 14.0 Å². The minimum atomic E-state index is -0.297. The average Bonchev–Trinajstić information content (AvgIpc) is 2.50. The van der Waals surface area contributed by atoms with Crippen LogP contribution in [-0.4, -0.2) is 47.8 Å². The topological polar surface area (TPSA) is 48.4 Å². The Bertz CT molecular complexity index is 416. The molecule has 0 spiro atoms. The van der Waals surface area contributed by atoms with Crippen LogP contribution in [0.25, 0.3) is 0 Å². The summed E-state index contributed by atoms with van der Waals surface area (Å²) in [6.07, 6.45) is 4.16. The number of aliphatic hydroxyl groups is 1. The van der Waals surface area contributed by atoms with E-state index in [4.69, 9.17) is 0 Å². The molecule has 1 aliphatic heterocycles. The van der Waals surface area contributed by atoms with E-state index < -0.39 is 0 Å². The van der Waals surface area contributed by atoms with Crippen LogP contribution in [0.5, 0.6) is 0 Å². The maximum atomic E-state index is 12.9. The summed E-state index contributed by atoms with van der Waals surface area (Å²) in [4.78, 5) is 6.60. The van der Waals surface area contributed by atoms with E-state index in [1.54, 1.807) is 6.07 Å². The van der Waals surface area contributed by atoms with Gasteiger partial charge in [0.25, 0.3) is 0 Å². The molecular formula is C16H26FN3O. The fourth-order valence-corrected chi connectivity index (χ4v) is 3.00. The summed E-state index contributed by atoms with van der Waals surface area (Å²) in [5, 5.41) is 12.9. The van der Waals surface area contributed by atoms with E-state index in [1.165, 1.54) is 12.3 Å². The summed E-state index contributed by atoms with van der Waals surface area (Å²) in [5.41, 5.74) is 0.887. The molecule has 21 heavy (non-hydrogen) atoms. The number of aliphatic hydroxyl groups excluding tert-OH is 1. The largest absolute Gasteiger partial charge is 0.393 e. The molecule has 1 aromatic rings. The van der Waals surface area contributed by atoms with Crippen molar-refractivity contribution in [2.75, 3.05) is 26.7 Å². The summed E-state index contributed by atoms with van der Waals surface area (Å²) in [5.74, 6) is 0.147. The van der Waals surface area contributed by atoms with Crippen molar-refractivity contribution >= 4 is 0 Å². The Morgan fingerprint density at radius 2 is 2.14 bits per heavy atom. The molecule has 0 bridgehead atoms. The van der Waals surface area contributed by atoms with Gasteiger partial charge in [-0.1, -0.05) is 0 Å². The van der Waals surface area contributed by atoms with Gasteiger partial charge in [0.15, 0.2) is 0 Å². The van der Waals surface area contributed by atoms with E-state index in [9.17, 15) is 9.50 Å². The van der Waals surface area contributed by atoms with Crippen molar-refractivity contribution in [2.24, 2.45) is 5.92 Å². The summed E-state index contributed by atoms with van der Waals surface area (Å²) in [6.45, 7) is 4.97. The quantitative estimate of drug-likeness (QED) is 0.842. The van der Waals surface area contributed by atoms with Gasteiger partial charge in [0.05, 0.1) is 24.0 Å². The maximum Gasteiger partial charge on any atom is 0.141 e. The lowest BCUT2D eigenvalue weighted by Gasteiger charge is -2.33. The lowest BCUT2D eigenvalue weighted by Crippen LogP contribution is -2.38. The smallest absolute Gasteiger partial charge is 0.141 e. The van der Waals surface area contributed by atoms with Crippen molar-refractivity contribution in [3.8, 4) is 0 Å². The van der Waals surface area contributed by atoms with E-state index in [0.717, 1.165) is 44.6 Å². The Morgan fingerprint density at radius 3 is 2.67 bits per heavy atom. The van der Waals surface area contributed by atoms with Crippen LogP contribution in [0.15, 0.2) is 18.3 Å². The lowest BCUT2D eigenvalue weighted by molar-refractivity contribution is 0.0706. The summed E-state index contributed by atoms with van der Waals surface area (Å²) < 4.78 is 12.9. The molecule has 118 valence electrons. The van der Waals surface area contributed by atoms with Gasteiger partial charge >= 0.3 is 0 Å². The van der Waals surface area contributed by atoms with Crippen LogP contribution in [0.1, 0.15) is 37.9 Å². The van der Waals surface area contributed by atoms with Crippen LogP contribution >= 0.6 is 0 Å². The lowest BCUT2D eigenvalue weighted by atomic mass is 9.92. The molecule has 2 atom stereocenters. The first-order valence-electron chi connectivity index (χ1n) is 7.79. The third-order valence-electron chi connectivity index (χ3n) is 4.50. The van der Waals surface area contributed by atoms with Crippen LogP contribution in [0.4, 0.5) is 4.39 Å². The maximum absolute atomic E-state index is 12.9. The first-order valence-corrected chi connectivity index (χ1v) is 7.79. The number of likely N-dealkylation sites (tertiary alicyclic amines) is 1. The van der Waals surface area contributed by atoms with Crippen LogP contribution in [-0.2, 0) is 0 Å². The van der Waals surface area contributed by atoms with Crippen LogP contribution in [0.3, 0.4) is 0 Å². The highest BCUT2D eigenvalue weighted by atomic mass is 19.1. The van der Waals surface area contributed by atoms with Crippen LogP contribution < -0.4 is 5.32 Å². The van der Waals surface area contributed by atoms with Gasteiger partial charge in [0, 0.05) is 0 Å². The number of rotatable bonds is 6. The zero-order valence-corrected chi connectivity index (χ0v) is 12.9. The molecule has 1 aromatic heterocycles. The monoisotopic (exact) mass is 295 g/mol. The Balaban J connectivity index is 1.80. The summed E-state index contributed by atoms with van der Waals surface area (Å²) in [7, 11) is 1.91. The molecule has 1 saturated heterocycles. The first kappa shape index (κ1) is 16.3. The average molecular weight is 295 g/mol. The number of aromatic nitrogens is 1. The Labute approximate surface area is 126 Å². The normalized spacial score (nSPS) is 20.4. The highest BCUT2D eigenvalue weighted by Gasteiger charge is 2.23. The van der Waals surface area contributed by atoms with E-state index in [-0.39, 0.29) is 18.0 Å². The molecule has 2 heterocycles. The molecule has 2 N–H and O–H groups in total. The van der Waals surface area contributed by atoms with E-state index in [0.29, 0.717) is 5.92 Å². The molecule has 2 unspecified atom stereocenters. The first-order chi connectivity index (χ1) is 10.1. The zero-order valence-electron chi connectivity index (χ0n) is 12.9. The number of pyridine rings is 1. The standard InChI is InChI=1S/C16H26FN3O/c1-12(21)13-5-8-20(9-6-13)10-7-15(18-2)16-4-3-14(17)11-19-16/h3-4,11-13,15,18,21H,5-10H2,1-2H3. The zero-order chi connectivity index (χ0) is 15.2. The van der Waals surface area contributed by atoms with Gasteiger partial charge in [-0.15, -0.1) is 0 Å². The second-order valence-corrected chi connectivity index (χ2v) is 5.95. The molecule has 0 amide bonds. The van der Waals surface area contributed by atoms with Crippen molar-refractivity contribution in [1.82, 2.24) is 15.2 Å². The van der Waals surface area contributed by atoms with Crippen LogP contribution in [0.2, 0.25) is 0 Å². The highest BCUT2D eigenvalue weighted by molar-refractivity contribution is 5.09. The molecule has 0 saturated carbocycles. The second kappa shape index (κ2) is 7.82. The molecule has 0 aliphatic carbocycles. The molecule has 1 aliphatic rings. The van der Waals surface area contributed by atoms with Gasteiger partial charge in [0.1, 0.15) is 5.82 Å². The number of hydrogen-bond donors (Lipinski definition) is 2. The predicted octanol–water partition coefficient (Wildman–Crippen LogP) is 1.96. The van der Waals surface area contributed by atoms with Gasteiger partial charge in [-0.2, -0.15) is 0 Å². The molecule has 0 aromatic carbocycles. The number of halogens is 1. The van der Waals surface area contributed by atoms with Crippen molar-refractivity contribution in [2.45, 2.75) is 38.3 Å². The third kappa shape index (κ3) is 4.73. The van der Waals surface area contributed by atoms with Gasteiger partial charge in [-0.3, -0.25) is 4.98 Å². The van der Waals surface area contributed by atoms with Crippen molar-refractivity contribution in [1.29, 1.82) is 0 Å². The fourth-order valence-electron chi connectivity index (χ4n) is 3.00. The Kier molecular flexibility index (Phi) is 6.08. The Hall–Kier alpha value is -1.04. The highest BCUT2D eigenvalue weighted by Crippen LogP contribution is 2.22. The SMILES string of the molecule is CNC(CCN1CCC(C(C)O)CC1)c1ccc(F)cn1. The van der Waals surface area contributed by atoms with E-state index >= 15 is 0 Å². The molecule has 2 rings (SSSR count). The van der Waals surface area contributed by atoms with Gasteiger partial charge in [-0.25, -0.2) is 4.39 Å². The molecule has 5 heteroatoms. The molecule has 0 radical (unpaired) electrons. The minimum Gasteiger partial charge on any atom is -0.393 e. The van der Waals surface area contributed by atoms with Crippen molar-refractivity contribution < 1.29 is 9.50 Å². The Morgan fingerprint density at radius 1 is 1.43 bits per heavy atom. The summed E-state index contributed by atoms with van der Waals surface area (Å²) in [6, 6.07) is 3.36. The van der Waals surface area contributed by atoms with Crippen molar-refractivity contribution in [3.05, 3.63) is 29.8 Å². The van der Waals surface area contributed by atoms with Gasteiger partial charge in [0.2, 0.25) is 0 Å². The fraction of sp³-hybridized carbons (Fsp3) is 0.688. The minimum absolute atomic E-state index is 0.153. The second-order valence-electron chi connectivity index (χ2n) is 5.95. The van der Waals surface area contributed by atoms with Gasteiger partial charge < -0.3 is 15.3 Å². The number of hydrogen-bond acceptors (Lipinski definition) is 4. The molecule has 4 nitrogen and oxygen atoms in total. The van der Waals surface area contributed by atoms with Crippen LogP contribution in [0, 0.1) is 11.7 Å². The summed E-state index contributed by atoms with van der Waals surface area (Å²) >= 11 is 0. The number of piperidine rings is 1. The molecule has 1 fully saturated rings. The third-order valence-corrected chi connectivity index (χ3v) is 4.50. The molecular weight excluding hydrogens is 269 g/mol. The van der Waals surface area contributed by atoms with Gasteiger partial charge in [-0.05, 0) is 70.9 Å². The van der Waals surface area contributed by atoms with Crippen molar-refractivity contribution in [3.63, 3.8) is 0 Å². The number of nitrogens with one attached hydrogen (secondary N) is 1. The number of nitrogens with zero attached hydrogens (tertiary/aromatic N) is 2.